The fraction of sp³-hybridized carbons (Fsp3) is 0.600. The molecule has 3 N–H and O–H groups in total. The molecule has 0 saturated carbocycles. The van der Waals surface area contributed by atoms with Gasteiger partial charge in [0.05, 0.1) is 17.3 Å². The van der Waals surface area contributed by atoms with E-state index in [4.69, 9.17) is 10.5 Å². The van der Waals surface area contributed by atoms with Crippen molar-refractivity contribution in [2.45, 2.75) is 19.4 Å². The lowest BCUT2D eigenvalue weighted by molar-refractivity contribution is -0.123. The Kier molecular flexibility index (Phi) is 11.6. The highest BCUT2D eigenvalue weighted by molar-refractivity contribution is 7.09. The van der Waals surface area contributed by atoms with E-state index in [1.54, 1.807) is 11.3 Å². The smallest absolute Gasteiger partial charge is 0.239 e. The molecule has 1 rings (SSSR count). The number of aromatic nitrogens is 1. The van der Waals surface area contributed by atoms with Gasteiger partial charge in [-0.3, -0.25) is 4.79 Å². The van der Waals surface area contributed by atoms with Gasteiger partial charge in [-0.15, -0.1) is 36.2 Å². The van der Waals surface area contributed by atoms with Crippen molar-refractivity contribution in [2.75, 3.05) is 20.3 Å². The summed E-state index contributed by atoms with van der Waals surface area (Å²) in [4.78, 5) is 15.7. The Balaban J connectivity index is 0. The fourth-order valence-corrected chi connectivity index (χ4v) is 1.87. The summed E-state index contributed by atoms with van der Waals surface area (Å²) in [7, 11) is 1.52. The van der Waals surface area contributed by atoms with Gasteiger partial charge in [-0.25, -0.2) is 4.98 Å². The molecule has 0 spiro atoms. The van der Waals surface area contributed by atoms with Gasteiger partial charge in [0.2, 0.25) is 5.91 Å². The normalized spacial score (nSPS) is 11.1. The monoisotopic (exact) mass is 315 g/mol. The molecule has 1 atom stereocenters. The van der Waals surface area contributed by atoms with E-state index in [0.29, 0.717) is 6.54 Å². The van der Waals surface area contributed by atoms with E-state index < -0.39 is 6.04 Å². The lowest BCUT2D eigenvalue weighted by atomic mass is 10.3. The zero-order chi connectivity index (χ0) is 12.0. The Hall–Kier alpha value is -0.400. The van der Waals surface area contributed by atoms with E-state index in [2.05, 4.69) is 10.3 Å². The van der Waals surface area contributed by atoms with E-state index in [1.807, 2.05) is 12.3 Å². The first-order valence-electron chi connectivity index (χ1n) is 5.06. The van der Waals surface area contributed by atoms with E-state index in [1.165, 1.54) is 7.11 Å². The predicted octanol–water partition coefficient (Wildman–Crippen LogP) is 0.928. The summed E-state index contributed by atoms with van der Waals surface area (Å²) in [5.41, 5.74) is 6.56. The first-order valence-corrected chi connectivity index (χ1v) is 5.94. The minimum Gasteiger partial charge on any atom is -0.383 e. The molecule has 1 aromatic rings. The molecule has 0 fully saturated rings. The van der Waals surface area contributed by atoms with Gasteiger partial charge in [-0.05, 0) is 6.92 Å². The Bertz CT molecular complexity index is 350. The van der Waals surface area contributed by atoms with Crippen LogP contribution in [0.3, 0.4) is 0 Å². The topological polar surface area (TPSA) is 77.2 Å². The van der Waals surface area contributed by atoms with Crippen LogP contribution in [0.15, 0.2) is 5.38 Å². The summed E-state index contributed by atoms with van der Waals surface area (Å²) in [5.74, 6) is -0.186. The minimum atomic E-state index is -0.595. The van der Waals surface area contributed by atoms with Crippen molar-refractivity contribution in [3.8, 4) is 0 Å². The highest BCUT2D eigenvalue weighted by Gasteiger charge is 2.11. The number of carbonyl (C=O) groups excluding carboxylic acids is 1. The molecule has 5 nitrogen and oxygen atoms in total. The highest BCUT2D eigenvalue weighted by atomic mass is 35.5. The molecule has 1 aromatic heterocycles. The maximum absolute atomic E-state index is 11.4. The van der Waals surface area contributed by atoms with Crippen LogP contribution in [0.25, 0.3) is 0 Å². The third kappa shape index (κ3) is 7.13. The lowest BCUT2D eigenvalue weighted by Gasteiger charge is -2.10. The number of hydrogen-bond donors (Lipinski definition) is 2. The molecule has 0 bridgehead atoms. The van der Waals surface area contributed by atoms with Crippen LogP contribution in [-0.2, 0) is 16.0 Å². The molecule has 1 unspecified atom stereocenters. The minimum absolute atomic E-state index is 0. The number of amides is 1. The number of rotatable bonds is 6. The van der Waals surface area contributed by atoms with Gasteiger partial charge < -0.3 is 15.8 Å². The van der Waals surface area contributed by atoms with Crippen LogP contribution in [0, 0.1) is 6.92 Å². The van der Waals surface area contributed by atoms with Crippen molar-refractivity contribution in [1.29, 1.82) is 0 Å². The van der Waals surface area contributed by atoms with Gasteiger partial charge in [0, 0.05) is 25.5 Å². The van der Waals surface area contributed by atoms with Crippen molar-refractivity contribution in [3.63, 3.8) is 0 Å². The van der Waals surface area contributed by atoms with Crippen LogP contribution in [0.4, 0.5) is 0 Å². The average Bonchev–Trinajstić information content (AvgIpc) is 2.64. The number of nitrogens with one attached hydrogen (secondary N) is 1. The van der Waals surface area contributed by atoms with E-state index in [9.17, 15) is 4.79 Å². The van der Waals surface area contributed by atoms with Crippen LogP contribution in [-0.4, -0.2) is 37.2 Å². The van der Waals surface area contributed by atoms with Gasteiger partial charge in [-0.1, -0.05) is 0 Å². The maximum Gasteiger partial charge on any atom is 0.239 e. The summed E-state index contributed by atoms with van der Waals surface area (Å²) in [6.45, 7) is 2.75. The van der Waals surface area contributed by atoms with Crippen LogP contribution < -0.4 is 11.1 Å². The Morgan fingerprint density at radius 1 is 1.61 bits per heavy atom. The maximum atomic E-state index is 11.4. The largest absolute Gasteiger partial charge is 0.383 e. The number of halogens is 2. The molecule has 0 radical (unpaired) electrons. The molecule has 0 aliphatic carbocycles. The van der Waals surface area contributed by atoms with E-state index in [-0.39, 0.29) is 37.3 Å². The molecule has 8 heteroatoms. The summed E-state index contributed by atoms with van der Waals surface area (Å²) < 4.78 is 4.80. The molecule has 106 valence electrons. The molecule has 0 aliphatic rings. The summed E-state index contributed by atoms with van der Waals surface area (Å²) in [5, 5.41) is 5.78. The first kappa shape index (κ1) is 19.9. The second kappa shape index (κ2) is 10.5. The number of aryl methyl sites for hydroxylation is 1. The van der Waals surface area contributed by atoms with Gasteiger partial charge in [-0.2, -0.15) is 0 Å². The molecule has 1 heterocycles. The van der Waals surface area contributed by atoms with Gasteiger partial charge in [0.1, 0.15) is 6.04 Å². The van der Waals surface area contributed by atoms with E-state index in [0.717, 1.165) is 17.1 Å². The fourth-order valence-electron chi connectivity index (χ4n) is 1.22. The Labute approximate surface area is 123 Å². The van der Waals surface area contributed by atoms with Gasteiger partial charge in [0.25, 0.3) is 0 Å². The zero-order valence-electron chi connectivity index (χ0n) is 10.3. The van der Waals surface area contributed by atoms with Crippen molar-refractivity contribution < 1.29 is 9.53 Å². The van der Waals surface area contributed by atoms with Crippen LogP contribution in [0.2, 0.25) is 0 Å². The third-order valence-electron chi connectivity index (χ3n) is 2.03. The first-order chi connectivity index (χ1) is 7.63. The van der Waals surface area contributed by atoms with Crippen molar-refractivity contribution >= 4 is 42.1 Å². The highest BCUT2D eigenvalue weighted by Crippen LogP contribution is 2.07. The molecule has 0 aromatic carbocycles. The van der Waals surface area contributed by atoms with Crippen LogP contribution >= 0.6 is 36.2 Å². The second-order valence-corrected chi connectivity index (χ2v) is 4.52. The number of thiazole rings is 1. The number of nitrogens with two attached hydrogens (primary N) is 1. The second-order valence-electron chi connectivity index (χ2n) is 3.46. The van der Waals surface area contributed by atoms with Crippen molar-refractivity contribution in [3.05, 3.63) is 16.1 Å². The van der Waals surface area contributed by atoms with Crippen LogP contribution in [0.1, 0.15) is 10.7 Å². The standard InChI is InChI=1S/C10H17N3O2S.2ClH/c1-7-13-8(6-16-7)3-4-12-10(14)9(11)5-15-2;;/h6,9H,3-5,11H2,1-2H3,(H,12,14);2*1H. The zero-order valence-corrected chi connectivity index (χ0v) is 12.8. The molecule has 1 amide bonds. The number of ether oxygens (including phenoxy) is 1. The molecule has 0 aliphatic heterocycles. The summed E-state index contributed by atoms with van der Waals surface area (Å²) in [6.07, 6.45) is 0.732. The summed E-state index contributed by atoms with van der Waals surface area (Å²) >= 11 is 1.61. The molecular weight excluding hydrogens is 297 g/mol. The van der Waals surface area contributed by atoms with E-state index >= 15 is 0 Å². The molecule has 18 heavy (non-hydrogen) atoms. The predicted molar refractivity (Wildman–Crippen MR) is 77.9 cm³/mol. The third-order valence-corrected chi connectivity index (χ3v) is 2.85. The molecule has 0 saturated heterocycles. The average molecular weight is 316 g/mol. The lowest BCUT2D eigenvalue weighted by Crippen LogP contribution is -2.44. The number of nitrogens with zero attached hydrogens (tertiary/aromatic N) is 1. The van der Waals surface area contributed by atoms with Crippen molar-refractivity contribution in [1.82, 2.24) is 10.3 Å². The Morgan fingerprint density at radius 3 is 2.78 bits per heavy atom. The number of carbonyl (C=O) groups is 1. The summed E-state index contributed by atoms with van der Waals surface area (Å²) in [6, 6.07) is -0.595. The van der Waals surface area contributed by atoms with Crippen molar-refractivity contribution in [2.24, 2.45) is 5.73 Å². The van der Waals surface area contributed by atoms with Gasteiger partial charge in [0.15, 0.2) is 0 Å². The van der Waals surface area contributed by atoms with Crippen LogP contribution in [0.5, 0.6) is 0 Å². The number of hydrogen-bond acceptors (Lipinski definition) is 5. The SMILES string of the molecule is COCC(N)C(=O)NCCc1csc(C)n1.Cl.Cl. The molecular formula is C10H19Cl2N3O2S. The van der Waals surface area contributed by atoms with Gasteiger partial charge >= 0.3 is 0 Å². The number of methoxy groups -OCH3 is 1. The Morgan fingerprint density at radius 2 is 2.28 bits per heavy atom. The quantitative estimate of drug-likeness (QED) is 0.818.